The van der Waals surface area contributed by atoms with Crippen molar-refractivity contribution < 1.29 is 13.9 Å². The van der Waals surface area contributed by atoms with Gasteiger partial charge in [0.1, 0.15) is 11.3 Å². The number of likely N-dealkylation sites (N-methyl/N-ethyl adjacent to an activating group) is 1. The van der Waals surface area contributed by atoms with Gasteiger partial charge in [-0.15, -0.1) is 0 Å². The largest absolute Gasteiger partial charge is 0.496 e. The molecule has 0 aliphatic rings. The quantitative estimate of drug-likeness (QED) is 0.641. The third kappa shape index (κ3) is 3.20. The van der Waals surface area contributed by atoms with E-state index in [0.29, 0.717) is 10.8 Å². The standard InChI is InChI=1S/C21H20ClNO3/c1-12(9-19(24)23-3)16-10-17-18(14-5-7-15(22)8-6-14)11-26-21(17)13(2)20(16)25-4/h5-11H,1-4H3,(H,23,24)/b12-9+. The minimum absolute atomic E-state index is 0.160. The van der Waals surface area contributed by atoms with Crippen LogP contribution < -0.4 is 10.1 Å². The lowest BCUT2D eigenvalue weighted by Gasteiger charge is -2.13. The Hall–Kier alpha value is -2.72. The highest BCUT2D eigenvalue weighted by Crippen LogP contribution is 2.40. The number of methoxy groups -OCH3 is 1. The van der Waals surface area contributed by atoms with Gasteiger partial charge in [0.05, 0.1) is 13.4 Å². The maximum absolute atomic E-state index is 11.8. The highest BCUT2D eigenvalue weighted by atomic mass is 35.5. The Kier molecular flexibility index (Phi) is 5.05. The molecule has 26 heavy (non-hydrogen) atoms. The third-order valence-corrected chi connectivity index (χ3v) is 4.67. The van der Waals surface area contributed by atoms with Crippen LogP contribution in [-0.4, -0.2) is 20.1 Å². The lowest BCUT2D eigenvalue weighted by molar-refractivity contribution is -0.116. The van der Waals surface area contributed by atoms with Gasteiger partial charge in [-0.25, -0.2) is 0 Å². The molecule has 0 bridgehead atoms. The van der Waals surface area contributed by atoms with Crippen molar-refractivity contribution in [3.05, 3.63) is 58.8 Å². The van der Waals surface area contributed by atoms with Crippen LogP contribution in [0.2, 0.25) is 5.02 Å². The van der Waals surface area contributed by atoms with E-state index >= 15 is 0 Å². The summed E-state index contributed by atoms with van der Waals surface area (Å²) in [5.41, 5.74) is 5.31. The van der Waals surface area contributed by atoms with E-state index in [1.54, 1.807) is 26.5 Å². The molecule has 1 N–H and O–H groups in total. The summed E-state index contributed by atoms with van der Waals surface area (Å²) in [6.45, 7) is 3.84. The number of hydrogen-bond acceptors (Lipinski definition) is 3. The fourth-order valence-electron chi connectivity index (χ4n) is 3.07. The molecule has 4 nitrogen and oxygen atoms in total. The number of ether oxygens (including phenoxy) is 1. The summed E-state index contributed by atoms with van der Waals surface area (Å²) in [6.07, 6.45) is 3.30. The van der Waals surface area contributed by atoms with Gasteiger partial charge in [0.25, 0.3) is 0 Å². The number of halogens is 1. The van der Waals surface area contributed by atoms with Gasteiger partial charge in [0.15, 0.2) is 0 Å². The first kappa shape index (κ1) is 18.1. The third-order valence-electron chi connectivity index (χ3n) is 4.42. The number of benzene rings is 2. The smallest absolute Gasteiger partial charge is 0.244 e. The van der Waals surface area contributed by atoms with Crippen molar-refractivity contribution in [3.63, 3.8) is 0 Å². The van der Waals surface area contributed by atoms with Crippen LogP contribution in [0.3, 0.4) is 0 Å². The number of allylic oxidation sites excluding steroid dienone is 1. The SMILES string of the molecule is CNC(=O)/C=C(\C)c1cc2c(-c3ccc(Cl)cc3)coc2c(C)c1OC. The van der Waals surface area contributed by atoms with Gasteiger partial charge in [-0.2, -0.15) is 0 Å². The Morgan fingerprint density at radius 2 is 1.96 bits per heavy atom. The fraction of sp³-hybridized carbons (Fsp3) is 0.190. The number of carbonyl (C=O) groups excluding carboxylic acids is 1. The first-order valence-corrected chi connectivity index (χ1v) is 8.59. The average molecular weight is 370 g/mol. The van der Waals surface area contributed by atoms with Crippen molar-refractivity contribution in [1.29, 1.82) is 0 Å². The van der Waals surface area contributed by atoms with Gasteiger partial charge < -0.3 is 14.5 Å². The average Bonchev–Trinajstić information content (AvgIpc) is 3.06. The predicted molar refractivity (Wildman–Crippen MR) is 106 cm³/mol. The molecule has 1 heterocycles. The molecule has 0 aliphatic carbocycles. The summed E-state index contributed by atoms with van der Waals surface area (Å²) in [5, 5.41) is 4.25. The van der Waals surface area contributed by atoms with E-state index in [1.807, 2.05) is 44.2 Å². The van der Waals surface area contributed by atoms with Crippen LogP contribution in [0.25, 0.3) is 27.7 Å². The molecule has 1 amide bonds. The van der Waals surface area contributed by atoms with Crippen molar-refractivity contribution in [2.45, 2.75) is 13.8 Å². The summed E-state index contributed by atoms with van der Waals surface area (Å²) in [4.78, 5) is 11.8. The molecule has 0 fully saturated rings. The highest BCUT2D eigenvalue weighted by Gasteiger charge is 2.18. The second-order valence-electron chi connectivity index (χ2n) is 6.06. The molecule has 0 radical (unpaired) electrons. The second-order valence-corrected chi connectivity index (χ2v) is 6.49. The lowest BCUT2D eigenvalue weighted by atomic mass is 9.96. The van der Waals surface area contributed by atoms with Crippen LogP contribution in [0.5, 0.6) is 5.75 Å². The molecule has 2 aromatic carbocycles. The zero-order chi connectivity index (χ0) is 18.8. The molecule has 0 saturated heterocycles. The molecule has 0 saturated carbocycles. The van der Waals surface area contributed by atoms with E-state index in [9.17, 15) is 4.79 Å². The number of carbonyl (C=O) groups is 1. The predicted octanol–water partition coefficient (Wildman–Crippen LogP) is 5.22. The second kappa shape index (κ2) is 7.26. The topological polar surface area (TPSA) is 51.5 Å². The number of rotatable bonds is 4. The van der Waals surface area contributed by atoms with E-state index in [0.717, 1.165) is 38.8 Å². The van der Waals surface area contributed by atoms with Crippen molar-refractivity contribution in [1.82, 2.24) is 5.32 Å². The maximum atomic E-state index is 11.8. The van der Waals surface area contributed by atoms with Crippen molar-refractivity contribution in [2.75, 3.05) is 14.2 Å². The number of amides is 1. The number of nitrogens with one attached hydrogen (secondary N) is 1. The maximum Gasteiger partial charge on any atom is 0.244 e. The minimum Gasteiger partial charge on any atom is -0.496 e. The lowest BCUT2D eigenvalue weighted by Crippen LogP contribution is -2.14. The van der Waals surface area contributed by atoms with Crippen molar-refractivity contribution in [3.8, 4) is 16.9 Å². The Bertz CT molecular complexity index is 1000. The molecule has 5 heteroatoms. The van der Waals surface area contributed by atoms with Gasteiger partial charge >= 0.3 is 0 Å². The summed E-state index contributed by atoms with van der Waals surface area (Å²) in [7, 11) is 3.22. The summed E-state index contributed by atoms with van der Waals surface area (Å²) < 4.78 is 11.4. The van der Waals surface area contributed by atoms with E-state index in [-0.39, 0.29) is 5.91 Å². The van der Waals surface area contributed by atoms with Crippen LogP contribution in [0, 0.1) is 6.92 Å². The van der Waals surface area contributed by atoms with E-state index in [4.69, 9.17) is 20.8 Å². The van der Waals surface area contributed by atoms with E-state index in [1.165, 1.54) is 0 Å². The van der Waals surface area contributed by atoms with E-state index < -0.39 is 0 Å². The van der Waals surface area contributed by atoms with Gasteiger partial charge in [-0.05, 0) is 43.2 Å². The molecule has 0 spiro atoms. The fourth-order valence-corrected chi connectivity index (χ4v) is 3.20. The molecule has 3 aromatic rings. The number of aryl methyl sites for hydroxylation is 1. The Balaban J connectivity index is 2.25. The zero-order valence-corrected chi connectivity index (χ0v) is 15.9. The first-order chi connectivity index (χ1) is 12.5. The van der Waals surface area contributed by atoms with Crippen LogP contribution in [0.15, 0.2) is 47.1 Å². The first-order valence-electron chi connectivity index (χ1n) is 8.21. The Morgan fingerprint density at radius 3 is 2.58 bits per heavy atom. The minimum atomic E-state index is -0.160. The van der Waals surface area contributed by atoms with E-state index in [2.05, 4.69) is 5.32 Å². The van der Waals surface area contributed by atoms with Gasteiger partial charge in [-0.1, -0.05) is 23.7 Å². The number of hydrogen-bond donors (Lipinski definition) is 1. The molecule has 1 aromatic heterocycles. The summed E-state index contributed by atoms with van der Waals surface area (Å²) >= 11 is 6.00. The van der Waals surface area contributed by atoms with Gasteiger partial charge in [-0.3, -0.25) is 4.79 Å². The van der Waals surface area contributed by atoms with Crippen LogP contribution >= 0.6 is 11.6 Å². The van der Waals surface area contributed by atoms with Crippen molar-refractivity contribution in [2.24, 2.45) is 0 Å². The molecular weight excluding hydrogens is 350 g/mol. The molecule has 3 rings (SSSR count). The Morgan fingerprint density at radius 1 is 1.27 bits per heavy atom. The molecule has 0 aliphatic heterocycles. The van der Waals surface area contributed by atoms with Crippen LogP contribution in [-0.2, 0) is 4.79 Å². The van der Waals surface area contributed by atoms with Gasteiger partial charge in [0, 0.05) is 40.2 Å². The van der Waals surface area contributed by atoms with Crippen LogP contribution in [0.1, 0.15) is 18.1 Å². The monoisotopic (exact) mass is 369 g/mol. The molecule has 0 unspecified atom stereocenters. The summed E-state index contributed by atoms with van der Waals surface area (Å²) in [5.74, 6) is 0.541. The Labute approximate surface area is 157 Å². The molecule has 0 atom stereocenters. The zero-order valence-electron chi connectivity index (χ0n) is 15.1. The van der Waals surface area contributed by atoms with Gasteiger partial charge in [0.2, 0.25) is 5.91 Å². The highest BCUT2D eigenvalue weighted by molar-refractivity contribution is 6.30. The summed E-state index contributed by atoms with van der Waals surface area (Å²) in [6, 6.07) is 9.62. The van der Waals surface area contributed by atoms with Crippen molar-refractivity contribution >= 4 is 34.1 Å². The number of fused-ring (bicyclic) bond motifs is 1. The molecular formula is C21H20ClNO3. The van der Waals surface area contributed by atoms with Crippen LogP contribution in [0.4, 0.5) is 0 Å². The molecule has 134 valence electrons. The normalized spacial score (nSPS) is 11.7. The number of furan rings is 1.